The quantitative estimate of drug-likeness (QED) is 0.925. The van der Waals surface area contributed by atoms with E-state index in [1.807, 2.05) is 12.1 Å². The average Bonchev–Trinajstić information content (AvgIpc) is 2.74. The molecule has 0 amide bonds. The molecule has 0 aromatic carbocycles. The Kier molecular flexibility index (Phi) is 4.10. The first-order valence-corrected chi connectivity index (χ1v) is 6.74. The molecule has 0 aliphatic heterocycles. The van der Waals surface area contributed by atoms with Gasteiger partial charge in [-0.1, -0.05) is 24.9 Å². The fraction of sp³-hybridized carbons (Fsp3) is 0.333. The lowest BCUT2D eigenvalue weighted by molar-refractivity contribution is 0.871. The standard InChI is InChI=1S/C12H14ClN3S/c1-2-3-9-11(6-14)17-12(16-9)10-5-4-8(13)7-15-10/h4-5,7H,2-3,6,14H2,1H3. The molecule has 3 nitrogen and oxygen atoms in total. The molecule has 0 saturated heterocycles. The molecule has 17 heavy (non-hydrogen) atoms. The molecule has 0 aliphatic rings. The van der Waals surface area contributed by atoms with Crippen LogP contribution in [0.25, 0.3) is 10.7 Å². The summed E-state index contributed by atoms with van der Waals surface area (Å²) < 4.78 is 0. The number of aromatic nitrogens is 2. The summed E-state index contributed by atoms with van der Waals surface area (Å²) in [6, 6.07) is 3.71. The Hall–Kier alpha value is -0.970. The Labute approximate surface area is 110 Å². The molecule has 0 radical (unpaired) electrons. The Morgan fingerprint density at radius 2 is 2.24 bits per heavy atom. The monoisotopic (exact) mass is 267 g/mol. The van der Waals surface area contributed by atoms with Gasteiger partial charge in [0.15, 0.2) is 0 Å². The van der Waals surface area contributed by atoms with Crippen LogP contribution in [-0.4, -0.2) is 9.97 Å². The molecule has 90 valence electrons. The Morgan fingerprint density at radius 3 is 2.82 bits per heavy atom. The zero-order valence-electron chi connectivity index (χ0n) is 9.61. The summed E-state index contributed by atoms with van der Waals surface area (Å²) in [6.45, 7) is 2.68. The van der Waals surface area contributed by atoms with Gasteiger partial charge in [0.2, 0.25) is 0 Å². The van der Waals surface area contributed by atoms with Gasteiger partial charge in [-0.05, 0) is 18.6 Å². The summed E-state index contributed by atoms with van der Waals surface area (Å²) in [5.41, 5.74) is 7.69. The average molecular weight is 268 g/mol. The number of nitrogens with zero attached hydrogens (tertiary/aromatic N) is 2. The van der Waals surface area contributed by atoms with E-state index in [2.05, 4.69) is 16.9 Å². The number of aryl methyl sites for hydroxylation is 1. The van der Waals surface area contributed by atoms with E-state index in [1.54, 1.807) is 17.5 Å². The van der Waals surface area contributed by atoms with Crippen LogP contribution in [0.15, 0.2) is 18.3 Å². The molecular formula is C12H14ClN3S. The molecule has 2 aromatic rings. The molecule has 2 heterocycles. The number of hydrogen-bond donors (Lipinski definition) is 1. The first-order valence-electron chi connectivity index (χ1n) is 5.55. The van der Waals surface area contributed by atoms with Gasteiger partial charge in [0.05, 0.1) is 16.4 Å². The summed E-state index contributed by atoms with van der Waals surface area (Å²) in [4.78, 5) is 10.0. The predicted octanol–water partition coefficient (Wildman–Crippen LogP) is 3.27. The second kappa shape index (κ2) is 5.58. The van der Waals surface area contributed by atoms with Gasteiger partial charge < -0.3 is 5.73 Å². The van der Waals surface area contributed by atoms with Crippen LogP contribution in [-0.2, 0) is 13.0 Å². The van der Waals surface area contributed by atoms with Crippen molar-refractivity contribution < 1.29 is 0 Å². The van der Waals surface area contributed by atoms with Crippen molar-refractivity contribution in [2.45, 2.75) is 26.3 Å². The van der Waals surface area contributed by atoms with Gasteiger partial charge >= 0.3 is 0 Å². The van der Waals surface area contributed by atoms with Crippen molar-refractivity contribution in [3.8, 4) is 10.7 Å². The van der Waals surface area contributed by atoms with Crippen LogP contribution in [0, 0.1) is 0 Å². The number of rotatable bonds is 4. The Bertz CT molecular complexity index is 493. The van der Waals surface area contributed by atoms with Crippen molar-refractivity contribution in [2.24, 2.45) is 5.73 Å². The van der Waals surface area contributed by atoms with E-state index >= 15 is 0 Å². The van der Waals surface area contributed by atoms with Crippen LogP contribution < -0.4 is 5.73 Å². The lowest BCUT2D eigenvalue weighted by Gasteiger charge is -1.95. The maximum absolute atomic E-state index is 5.81. The molecule has 0 atom stereocenters. The van der Waals surface area contributed by atoms with E-state index in [0.29, 0.717) is 11.6 Å². The topological polar surface area (TPSA) is 51.8 Å². The van der Waals surface area contributed by atoms with Crippen LogP contribution in [0.3, 0.4) is 0 Å². The summed E-state index contributed by atoms with van der Waals surface area (Å²) in [6.07, 6.45) is 3.68. The van der Waals surface area contributed by atoms with Crippen molar-refractivity contribution in [3.05, 3.63) is 33.9 Å². The fourth-order valence-electron chi connectivity index (χ4n) is 1.59. The van der Waals surface area contributed by atoms with Crippen molar-refractivity contribution in [2.75, 3.05) is 0 Å². The van der Waals surface area contributed by atoms with Gasteiger partial charge in [0.1, 0.15) is 5.01 Å². The lowest BCUT2D eigenvalue weighted by Crippen LogP contribution is -1.97. The van der Waals surface area contributed by atoms with E-state index in [9.17, 15) is 0 Å². The lowest BCUT2D eigenvalue weighted by atomic mass is 10.2. The van der Waals surface area contributed by atoms with Gasteiger partial charge in [0.25, 0.3) is 0 Å². The molecule has 0 spiro atoms. The number of nitrogens with two attached hydrogens (primary N) is 1. The van der Waals surface area contributed by atoms with E-state index in [1.165, 1.54) is 0 Å². The third-order valence-corrected chi connectivity index (χ3v) is 3.76. The summed E-state index contributed by atoms with van der Waals surface area (Å²) in [7, 11) is 0. The Morgan fingerprint density at radius 1 is 1.41 bits per heavy atom. The maximum Gasteiger partial charge on any atom is 0.142 e. The predicted molar refractivity (Wildman–Crippen MR) is 72.2 cm³/mol. The fourth-order valence-corrected chi connectivity index (χ4v) is 2.66. The Balaban J connectivity index is 2.35. The minimum atomic E-state index is 0.542. The minimum absolute atomic E-state index is 0.542. The second-order valence-corrected chi connectivity index (χ2v) is 5.22. The highest BCUT2D eigenvalue weighted by Crippen LogP contribution is 2.27. The highest BCUT2D eigenvalue weighted by atomic mass is 35.5. The van der Waals surface area contributed by atoms with Crippen LogP contribution >= 0.6 is 22.9 Å². The zero-order chi connectivity index (χ0) is 12.3. The van der Waals surface area contributed by atoms with Crippen LogP contribution in [0.5, 0.6) is 0 Å². The van der Waals surface area contributed by atoms with Crippen molar-refractivity contribution >= 4 is 22.9 Å². The van der Waals surface area contributed by atoms with Gasteiger partial charge in [-0.15, -0.1) is 11.3 Å². The third kappa shape index (κ3) is 2.83. The highest BCUT2D eigenvalue weighted by molar-refractivity contribution is 7.15. The number of pyridine rings is 1. The molecule has 2 aromatic heterocycles. The summed E-state index contributed by atoms with van der Waals surface area (Å²) in [5, 5.41) is 1.56. The first kappa shape index (κ1) is 12.5. The smallest absolute Gasteiger partial charge is 0.142 e. The van der Waals surface area contributed by atoms with Gasteiger partial charge in [-0.25, -0.2) is 4.98 Å². The minimum Gasteiger partial charge on any atom is -0.326 e. The van der Waals surface area contributed by atoms with E-state index < -0.39 is 0 Å². The van der Waals surface area contributed by atoms with E-state index in [0.717, 1.165) is 34.1 Å². The van der Waals surface area contributed by atoms with Gasteiger partial charge in [0, 0.05) is 17.6 Å². The maximum atomic E-state index is 5.81. The summed E-state index contributed by atoms with van der Waals surface area (Å²) in [5.74, 6) is 0. The van der Waals surface area contributed by atoms with E-state index in [-0.39, 0.29) is 0 Å². The molecule has 0 unspecified atom stereocenters. The molecule has 0 bridgehead atoms. The van der Waals surface area contributed by atoms with Crippen molar-refractivity contribution in [1.29, 1.82) is 0 Å². The SMILES string of the molecule is CCCc1nc(-c2ccc(Cl)cn2)sc1CN. The normalized spacial score (nSPS) is 10.8. The molecule has 0 fully saturated rings. The largest absolute Gasteiger partial charge is 0.326 e. The molecular weight excluding hydrogens is 254 g/mol. The van der Waals surface area contributed by atoms with Crippen molar-refractivity contribution in [1.82, 2.24) is 9.97 Å². The number of thiazole rings is 1. The third-order valence-electron chi connectivity index (χ3n) is 2.40. The van der Waals surface area contributed by atoms with Crippen LogP contribution in [0.2, 0.25) is 5.02 Å². The zero-order valence-corrected chi connectivity index (χ0v) is 11.2. The molecule has 5 heteroatoms. The molecule has 2 rings (SSSR count). The summed E-state index contributed by atoms with van der Waals surface area (Å²) >= 11 is 7.43. The molecule has 2 N–H and O–H groups in total. The first-order chi connectivity index (χ1) is 8.24. The highest BCUT2D eigenvalue weighted by Gasteiger charge is 2.11. The van der Waals surface area contributed by atoms with Crippen LogP contribution in [0.1, 0.15) is 23.9 Å². The van der Waals surface area contributed by atoms with Crippen molar-refractivity contribution in [3.63, 3.8) is 0 Å². The van der Waals surface area contributed by atoms with Crippen LogP contribution in [0.4, 0.5) is 0 Å². The second-order valence-electron chi connectivity index (χ2n) is 3.70. The molecule has 0 saturated carbocycles. The van der Waals surface area contributed by atoms with Gasteiger partial charge in [-0.3, -0.25) is 4.98 Å². The van der Waals surface area contributed by atoms with Gasteiger partial charge in [-0.2, -0.15) is 0 Å². The van der Waals surface area contributed by atoms with E-state index in [4.69, 9.17) is 17.3 Å². The molecule has 0 aliphatic carbocycles. The number of hydrogen-bond acceptors (Lipinski definition) is 4. The number of halogens is 1.